The van der Waals surface area contributed by atoms with Gasteiger partial charge in [-0.25, -0.2) is 0 Å². The van der Waals surface area contributed by atoms with Gasteiger partial charge in [-0.2, -0.15) is 0 Å². The molecule has 23 heavy (non-hydrogen) atoms. The number of benzene rings is 2. The Morgan fingerprint density at radius 1 is 1.13 bits per heavy atom. The number of nitrogens with zero attached hydrogens (tertiary/aromatic N) is 1. The summed E-state index contributed by atoms with van der Waals surface area (Å²) in [6.45, 7) is 5.88. The maximum atomic E-state index is 12.2. The molecule has 2 rings (SSSR count). The van der Waals surface area contributed by atoms with Crippen molar-refractivity contribution in [2.75, 3.05) is 25.0 Å². The van der Waals surface area contributed by atoms with Gasteiger partial charge in [0.15, 0.2) is 0 Å². The van der Waals surface area contributed by atoms with Gasteiger partial charge < -0.3 is 10.4 Å². The first-order valence-electron chi connectivity index (χ1n) is 7.62. The molecule has 0 saturated carbocycles. The molecule has 0 aliphatic rings. The molecule has 0 saturated heterocycles. The van der Waals surface area contributed by atoms with Gasteiger partial charge in [0.25, 0.3) is 5.91 Å². The minimum absolute atomic E-state index is 0.116. The number of aliphatic hydroxyl groups is 1. The van der Waals surface area contributed by atoms with Gasteiger partial charge in [-0.05, 0) is 29.8 Å². The average Bonchev–Trinajstić information content (AvgIpc) is 2.57. The number of hydrogen-bond acceptors (Lipinski definition) is 3. The summed E-state index contributed by atoms with van der Waals surface area (Å²) in [6, 6.07) is 16.9. The van der Waals surface area contributed by atoms with Crippen molar-refractivity contribution in [3.05, 3.63) is 78.4 Å². The fraction of sp³-hybridized carbons (Fsp3) is 0.211. The summed E-state index contributed by atoms with van der Waals surface area (Å²) in [7, 11) is 0. The van der Waals surface area contributed by atoms with E-state index in [0.717, 1.165) is 17.8 Å². The van der Waals surface area contributed by atoms with Crippen molar-refractivity contribution in [2.24, 2.45) is 0 Å². The molecule has 0 aromatic heterocycles. The molecular weight excluding hydrogens is 288 g/mol. The van der Waals surface area contributed by atoms with Gasteiger partial charge >= 0.3 is 0 Å². The molecular formula is C19H22N2O2. The first kappa shape index (κ1) is 16.9. The molecule has 2 aromatic rings. The molecule has 0 fully saturated rings. The molecule has 4 heteroatoms. The molecule has 1 amide bonds. The van der Waals surface area contributed by atoms with E-state index >= 15 is 0 Å². The Kier molecular flexibility index (Phi) is 6.54. The molecule has 4 nitrogen and oxygen atoms in total. The van der Waals surface area contributed by atoms with Crippen molar-refractivity contribution >= 4 is 11.6 Å². The number of hydrogen-bond donors (Lipinski definition) is 2. The van der Waals surface area contributed by atoms with Crippen LogP contribution in [0.4, 0.5) is 5.69 Å². The summed E-state index contributed by atoms with van der Waals surface area (Å²) >= 11 is 0. The van der Waals surface area contributed by atoms with E-state index < -0.39 is 0 Å². The number of rotatable bonds is 8. The predicted molar refractivity (Wildman–Crippen MR) is 93.4 cm³/mol. The minimum atomic E-state index is -0.124. The van der Waals surface area contributed by atoms with Crippen LogP contribution in [0.25, 0.3) is 0 Å². The number of para-hydroxylation sites is 1. The zero-order chi connectivity index (χ0) is 16.5. The Labute approximate surface area is 137 Å². The Balaban J connectivity index is 1.98. The van der Waals surface area contributed by atoms with Crippen molar-refractivity contribution < 1.29 is 9.90 Å². The molecule has 2 N–H and O–H groups in total. The molecule has 0 bridgehead atoms. The summed E-state index contributed by atoms with van der Waals surface area (Å²) in [6.07, 6.45) is 1.82. The van der Waals surface area contributed by atoms with E-state index in [1.165, 1.54) is 0 Å². The van der Waals surface area contributed by atoms with Crippen LogP contribution in [-0.2, 0) is 6.54 Å². The van der Waals surface area contributed by atoms with Crippen LogP contribution in [-0.4, -0.2) is 35.6 Å². The third-order valence-corrected chi connectivity index (χ3v) is 3.46. The molecule has 0 atom stereocenters. The maximum Gasteiger partial charge on any atom is 0.255 e. The molecule has 0 heterocycles. The first-order chi connectivity index (χ1) is 11.2. The maximum absolute atomic E-state index is 12.2. The van der Waals surface area contributed by atoms with Crippen molar-refractivity contribution in [3.8, 4) is 0 Å². The monoisotopic (exact) mass is 310 g/mol. The van der Waals surface area contributed by atoms with Gasteiger partial charge in [0.1, 0.15) is 0 Å². The van der Waals surface area contributed by atoms with E-state index in [1.807, 2.05) is 60.7 Å². The lowest BCUT2D eigenvalue weighted by Gasteiger charge is -2.19. The minimum Gasteiger partial charge on any atom is -0.395 e. The fourth-order valence-electron chi connectivity index (χ4n) is 2.30. The highest BCUT2D eigenvalue weighted by Gasteiger charge is 2.07. The lowest BCUT2D eigenvalue weighted by molar-refractivity contribution is 0.102. The van der Waals surface area contributed by atoms with Gasteiger partial charge in [-0.1, -0.05) is 36.4 Å². The quantitative estimate of drug-likeness (QED) is 0.737. The summed E-state index contributed by atoms with van der Waals surface area (Å²) in [5.74, 6) is -0.124. The standard InChI is InChI=1S/C19H22N2O2/c1-2-12-21(13-14-22)15-16-8-10-17(11-9-16)19(23)20-18-6-4-3-5-7-18/h2-11,22H,1,12-15H2,(H,20,23). The van der Waals surface area contributed by atoms with Gasteiger partial charge in [0, 0.05) is 30.9 Å². The Hall–Kier alpha value is -2.43. The zero-order valence-corrected chi connectivity index (χ0v) is 13.1. The van der Waals surface area contributed by atoms with Gasteiger partial charge in [-0.3, -0.25) is 9.69 Å². The average molecular weight is 310 g/mol. The molecule has 0 spiro atoms. The topological polar surface area (TPSA) is 52.6 Å². The number of amides is 1. The molecule has 2 aromatic carbocycles. The van der Waals surface area contributed by atoms with Crippen LogP contribution in [0.3, 0.4) is 0 Å². The highest BCUT2D eigenvalue weighted by atomic mass is 16.3. The van der Waals surface area contributed by atoms with Crippen molar-refractivity contribution in [3.63, 3.8) is 0 Å². The highest BCUT2D eigenvalue weighted by Crippen LogP contribution is 2.11. The van der Waals surface area contributed by atoms with Crippen molar-refractivity contribution in [1.29, 1.82) is 0 Å². The number of nitrogens with one attached hydrogen (secondary N) is 1. The number of anilines is 1. The summed E-state index contributed by atoms with van der Waals surface area (Å²) in [4.78, 5) is 14.3. The molecule has 0 aliphatic carbocycles. The van der Waals surface area contributed by atoms with Crippen LogP contribution >= 0.6 is 0 Å². The van der Waals surface area contributed by atoms with Crippen LogP contribution in [0.2, 0.25) is 0 Å². The van der Waals surface area contributed by atoms with Crippen molar-refractivity contribution in [2.45, 2.75) is 6.54 Å². The summed E-state index contributed by atoms with van der Waals surface area (Å²) < 4.78 is 0. The first-order valence-corrected chi connectivity index (χ1v) is 7.62. The predicted octanol–water partition coefficient (Wildman–Crippen LogP) is 2.92. The molecule has 120 valence electrons. The van der Waals surface area contributed by atoms with Crippen LogP contribution in [0.1, 0.15) is 15.9 Å². The van der Waals surface area contributed by atoms with Crippen molar-refractivity contribution in [1.82, 2.24) is 4.90 Å². The van der Waals surface area contributed by atoms with E-state index in [9.17, 15) is 4.79 Å². The number of aliphatic hydroxyl groups excluding tert-OH is 1. The molecule has 0 unspecified atom stereocenters. The van der Waals surface area contributed by atoms with E-state index in [-0.39, 0.29) is 12.5 Å². The fourth-order valence-corrected chi connectivity index (χ4v) is 2.30. The van der Waals surface area contributed by atoms with Crippen LogP contribution in [0.5, 0.6) is 0 Å². The molecule has 0 radical (unpaired) electrons. The second-order valence-electron chi connectivity index (χ2n) is 5.26. The Morgan fingerprint density at radius 2 is 1.83 bits per heavy atom. The number of carbonyl (C=O) groups is 1. The van der Waals surface area contributed by atoms with Gasteiger partial charge in [0.2, 0.25) is 0 Å². The summed E-state index contributed by atoms with van der Waals surface area (Å²) in [5, 5.41) is 11.9. The Morgan fingerprint density at radius 3 is 2.43 bits per heavy atom. The van der Waals surface area contributed by atoms with E-state index in [0.29, 0.717) is 18.7 Å². The second-order valence-corrected chi connectivity index (χ2v) is 5.26. The zero-order valence-electron chi connectivity index (χ0n) is 13.1. The third kappa shape index (κ3) is 5.36. The second kappa shape index (κ2) is 8.88. The lowest BCUT2D eigenvalue weighted by atomic mass is 10.1. The smallest absolute Gasteiger partial charge is 0.255 e. The normalized spacial score (nSPS) is 10.5. The van der Waals surface area contributed by atoms with Crippen LogP contribution < -0.4 is 5.32 Å². The van der Waals surface area contributed by atoms with Crippen LogP contribution in [0, 0.1) is 0 Å². The van der Waals surface area contributed by atoms with E-state index in [1.54, 1.807) is 0 Å². The van der Waals surface area contributed by atoms with E-state index in [2.05, 4.69) is 16.8 Å². The largest absolute Gasteiger partial charge is 0.395 e. The van der Waals surface area contributed by atoms with Gasteiger partial charge in [0.05, 0.1) is 6.61 Å². The molecule has 0 aliphatic heterocycles. The third-order valence-electron chi connectivity index (χ3n) is 3.46. The highest BCUT2D eigenvalue weighted by molar-refractivity contribution is 6.04. The van der Waals surface area contributed by atoms with Crippen LogP contribution in [0.15, 0.2) is 67.3 Å². The van der Waals surface area contributed by atoms with E-state index in [4.69, 9.17) is 5.11 Å². The Bertz CT molecular complexity index is 624. The number of carbonyl (C=O) groups excluding carboxylic acids is 1. The van der Waals surface area contributed by atoms with Gasteiger partial charge in [-0.15, -0.1) is 6.58 Å². The lowest BCUT2D eigenvalue weighted by Crippen LogP contribution is -2.26. The summed E-state index contributed by atoms with van der Waals surface area (Å²) in [5.41, 5.74) is 2.49. The SMILES string of the molecule is C=CCN(CCO)Cc1ccc(C(=O)Nc2ccccc2)cc1.